The average Bonchev–Trinajstić information content (AvgIpc) is 2.84. The van der Waals surface area contributed by atoms with E-state index in [0.717, 1.165) is 28.8 Å². The van der Waals surface area contributed by atoms with E-state index in [1.165, 1.54) is 19.2 Å². The summed E-state index contributed by atoms with van der Waals surface area (Å²) in [6, 6.07) is 17.5. The molecule has 0 spiro atoms. The van der Waals surface area contributed by atoms with Crippen LogP contribution >= 0.6 is 0 Å². The second-order valence-electron chi connectivity index (χ2n) is 7.51. The van der Waals surface area contributed by atoms with Crippen molar-refractivity contribution in [1.82, 2.24) is 15.6 Å². The van der Waals surface area contributed by atoms with E-state index in [-0.39, 0.29) is 11.8 Å². The van der Waals surface area contributed by atoms with E-state index in [2.05, 4.69) is 15.6 Å². The Labute approximate surface area is 191 Å². The Balaban J connectivity index is 1.82. The first-order valence-electron chi connectivity index (χ1n) is 10.5. The van der Waals surface area contributed by atoms with Crippen LogP contribution in [-0.4, -0.2) is 31.6 Å². The number of ether oxygens (including phenoxy) is 1. The highest BCUT2D eigenvalue weighted by Gasteiger charge is 2.30. The third-order valence-electron chi connectivity index (χ3n) is 5.43. The molecule has 1 amide bonds. The normalized spacial score (nSPS) is 13.2. The molecule has 5 nitrogen and oxygen atoms in total. The standard InChI is InChI=1S/C25H26F3N3O2/c1-29-24(32)23(18-6-4-3-5-7-18)30-15-14-21(19-10-13-22(33-2)31-16-19)17-8-11-20(12-9-17)25(26,27)28/h3-13,16,21,23,30H,14-15H2,1-2H3,(H,29,32)/t21-,23+/m0/s1. The molecule has 174 valence electrons. The van der Waals surface area contributed by atoms with Crippen molar-refractivity contribution in [3.8, 4) is 5.88 Å². The highest BCUT2D eigenvalue weighted by atomic mass is 19.4. The van der Waals surface area contributed by atoms with Gasteiger partial charge < -0.3 is 15.4 Å². The maximum atomic E-state index is 13.0. The molecule has 3 rings (SSSR count). The zero-order chi connectivity index (χ0) is 23.8. The number of alkyl halides is 3. The van der Waals surface area contributed by atoms with Gasteiger partial charge in [0.1, 0.15) is 6.04 Å². The van der Waals surface area contributed by atoms with Crippen LogP contribution in [0, 0.1) is 0 Å². The van der Waals surface area contributed by atoms with Gasteiger partial charge in [-0.1, -0.05) is 48.5 Å². The fourth-order valence-electron chi connectivity index (χ4n) is 3.67. The largest absolute Gasteiger partial charge is 0.481 e. The molecule has 0 radical (unpaired) electrons. The van der Waals surface area contributed by atoms with E-state index < -0.39 is 17.8 Å². The number of nitrogens with one attached hydrogen (secondary N) is 2. The van der Waals surface area contributed by atoms with Crippen molar-refractivity contribution in [3.05, 3.63) is 95.2 Å². The minimum atomic E-state index is -4.40. The summed E-state index contributed by atoms with van der Waals surface area (Å²) in [7, 11) is 3.09. The van der Waals surface area contributed by atoms with Gasteiger partial charge >= 0.3 is 6.18 Å². The Morgan fingerprint density at radius 1 is 0.970 bits per heavy atom. The molecule has 3 aromatic rings. The molecule has 0 aliphatic carbocycles. The molecule has 0 saturated heterocycles. The number of benzene rings is 2. The minimum Gasteiger partial charge on any atom is -0.481 e. The number of rotatable bonds is 9. The number of amides is 1. The fraction of sp³-hybridized carbons (Fsp3) is 0.280. The van der Waals surface area contributed by atoms with Crippen LogP contribution in [0.2, 0.25) is 0 Å². The second-order valence-corrected chi connectivity index (χ2v) is 7.51. The zero-order valence-electron chi connectivity index (χ0n) is 18.4. The van der Waals surface area contributed by atoms with Crippen molar-refractivity contribution in [1.29, 1.82) is 0 Å². The van der Waals surface area contributed by atoms with Crippen molar-refractivity contribution in [2.45, 2.75) is 24.6 Å². The van der Waals surface area contributed by atoms with E-state index in [0.29, 0.717) is 18.8 Å². The average molecular weight is 457 g/mol. The third-order valence-corrected chi connectivity index (χ3v) is 5.43. The maximum Gasteiger partial charge on any atom is 0.416 e. The van der Waals surface area contributed by atoms with Crippen LogP contribution in [0.1, 0.15) is 40.6 Å². The second kappa shape index (κ2) is 11.0. The van der Waals surface area contributed by atoms with Crippen molar-refractivity contribution in [3.63, 3.8) is 0 Å². The van der Waals surface area contributed by atoms with Crippen LogP contribution in [0.5, 0.6) is 5.88 Å². The van der Waals surface area contributed by atoms with E-state index >= 15 is 0 Å². The molecule has 0 aliphatic rings. The van der Waals surface area contributed by atoms with Gasteiger partial charge in [0.2, 0.25) is 11.8 Å². The molecule has 2 aromatic carbocycles. The summed E-state index contributed by atoms with van der Waals surface area (Å²) in [5.74, 6) is 0.0597. The van der Waals surface area contributed by atoms with Crippen LogP contribution < -0.4 is 15.4 Å². The lowest BCUT2D eigenvalue weighted by molar-refractivity contribution is -0.137. The van der Waals surface area contributed by atoms with Crippen LogP contribution in [0.3, 0.4) is 0 Å². The number of pyridine rings is 1. The highest BCUT2D eigenvalue weighted by Crippen LogP contribution is 2.33. The zero-order valence-corrected chi connectivity index (χ0v) is 18.4. The molecule has 2 atom stereocenters. The summed E-state index contributed by atoms with van der Waals surface area (Å²) in [6.07, 6.45) is -2.19. The summed E-state index contributed by atoms with van der Waals surface area (Å²) < 4.78 is 44.2. The minimum absolute atomic E-state index is 0.168. The Bertz CT molecular complexity index is 1020. The first kappa shape index (κ1) is 24.3. The summed E-state index contributed by atoms with van der Waals surface area (Å²) in [4.78, 5) is 16.7. The van der Waals surface area contributed by atoms with Crippen molar-refractivity contribution < 1.29 is 22.7 Å². The van der Waals surface area contributed by atoms with Gasteiger partial charge in [0, 0.05) is 25.2 Å². The van der Waals surface area contributed by atoms with Gasteiger partial charge in [0.05, 0.1) is 12.7 Å². The molecule has 0 bridgehead atoms. The van der Waals surface area contributed by atoms with Crippen LogP contribution in [-0.2, 0) is 11.0 Å². The van der Waals surface area contributed by atoms with Crippen LogP contribution in [0.4, 0.5) is 13.2 Å². The van der Waals surface area contributed by atoms with E-state index in [4.69, 9.17) is 4.74 Å². The number of hydrogen-bond donors (Lipinski definition) is 2. The van der Waals surface area contributed by atoms with Gasteiger partial charge in [-0.2, -0.15) is 13.2 Å². The molecule has 0 aliphatic heterocycles. The smallest absolute Gasteiger partial charge is 0.416 e. The molecule has 1 aromatic heterocycles. The maximum absolute atomic E-state index is 13.0. The molecular weight excluding hydrogens is 431 g/mol. The molecule has 0 saturated carbocycles. The first-order valence-corrected chi connectivity index (χ1v) is 10.5. The van der Waals surface area contributed by atoms with Gasteiger partial charge in [-0.3, -0.25) is 4.79 Å². The molecule has 0 fully saturated rings. The van der Waals surface area contributed by atoms with Crippen molar-refractivity contribution >= 4 is 5.91 Å². The number of likely N-dealkylation sites (N-methyl/N-ethyl adjacent to an activating group) is 1. The quantitative estimate of drug-likeness (QED) is 0.489. The Hall–Kier alpha value is -3.39. The van der Waals surface area contributed by atoms with Gasteiger partial charge in [0.25, 0.3) is 0 Å². The highest BCUT2D eigenvalue weighted by molar-refractivity contribution is 5.82. The fourth-order valence-corrected chi connectivity index (χ4v) is 3.67. The number of aromatic nitrogens is 1. The SMILES string of the molecule is CNC(=O)[C@H](NCC[C@@H](c1ccc(C(F)(F)F)cc1)c1ccc(OC)nc1)c1ccccc1. The van der Waals surface area contributed by atoms with Crippen LogP contribution in [0.25, 0.3) is 0 Å². The van der Waals surface area contributed by atoms with Gasteiger partial charge in [-0.15, -0.1) is 0 Å². The first-order chi connectivity index (χ1) is 15.8. The van der Waals surface area contributed by atoms with Crippen LogP contribution in [0.15, 0.2) is 72.9 Å². The number of carbonyl (C=O) groups is 1. The third kappa shape index (κ3) is 6.32. The lowest BCUT2D eigenvalue weighted by Gasteiger charge is -2.22. The lowest BCUT2D eigenvalue weighted by atomic mass is 9.88. The van der Waals surface area contributed by atoms with Crippen molar-refractivity contribution in [2.24, 2.45) is 0 Å². The van der Waals surface area contributed by atoms with Gasteiger partial charge in [-0.05, 0) is 41.8 Å². The lowest BCUT2D eigenvalue weighted by Crippen LogP contribution is -2.36. The summed E-state index contributed by atoms with van der Waals surface area (Å²) in [5, 5.41) is 5.94. The molecule has 2 N–H and O–H groups in total. The van der Waals surface area contributed by atoms with Crippen molar-refractivity contribution in [2.75, 3.05) is 20.7 Å². The van der Waals surface area contributed by atoms with E-state index in [1.54, 1.807) is 19.3 Å². The number of hydrogen-bond acceptors (Lipinski definition) is 4. The topological polar surface area (TPSA) is 63.2 Å². The Kier molecular flexibility index (Phi) is 8.06. The monoisotopic (exact) mass is 457 g/mol. The number of halogens is 3. The Morgan fingerprint density at radius 3 is 2.18 bits per heavy atom. The predicted octanol–water partition coefficient (Wildman–Crippen LogP) is 4.71. The molecule has 0 unspecified atom stereocenters. The number of nitrogens with zero attached hydrogens (tertiary/aromatic N) is 1. The van der Waals surface area contributed by atoms with E-state index in [9.17, 15) is 18.0 Å². The van der Waals surface area contributed by atoms with E-state index in [1.807, 2.05) is 36.4 Å². The molecular formula is C25H26F3N3O2. The predicted molar refractivity (Wildman–Crippen MR) is 120 cm³/mol. The summed E-state index contributed by atoms with van der Waals surface area (Å²) in [6.45, 7) is 0.449. The number of carbonyl (C=O) groups excluding carboxylic acids is 1. The molecule has 1 heterocycles. The number of methoxy groups -OCH3 is 1. The summed E-state index contributed by atoms with van der Waals surface area (Å²) in [5.41, 5.74) is 1.70. The molecule has 33 heavy (non-hydrogen) atoms. The Morgan fingerprint density at radius 2 is 1.64 bits per heavy atom. The van der Waals surface area contributed by atoms with Gasteiger partial charge in [-0.25, -0.2) is 4.98 Å². The molecule has 8 heteroatoms. The summed E-state index contributed by atoms with van der Waals surface area (Å²) >= 11 is 0. The van der Waals surface area contributed by atoms with Gasteiger partial charge in [0.15, 0.2) is 0 Å².